The summed E-state index contributed by atoms with van der Waals surface area (Å²) in [5, 5.41) is 0. The van der Waals surface area contributed by atoms with Crippen molar-refractivity contribution in [3.05, 3.63) is 59.7 Å². The van der Waals surface area contributed by atoms with E-state index in [1.165, 1.54) is 33.5 Å². The molecule has 30 heavy (non-hydrogen) atoms. The molecule has 0 saturated carbocycles. The molecule has 2 aromatic rings. The molecule has 162 valence electrons. The van der Waals surface area contributed by atoms with Crippen molar-refractivity contribution >= 4 is 27.7 Å². The van der Waals surface area contributed by atoms with Crippen molar-refractivity contribution in [3.8, 4) is 0 Å². The van der Waals surface area contributed by atoms with Gasteiger partial charge >= 0.3 is 5.51 Å². The van der Waals surface area contributed by atoms with Crippen LogP contribution in [0.15, 0.2) is 58.3 Å². The molecule has 0 aliphatic carbocycles. The van der Waals surface area contributed by atoms with Gasteiger partial charge in [0.2, 0.25) is 10.0 Å². The highest BCUT2D eigenvalue weighted by atomic mass is 32.2. The first-order chi connectivity index (χ1) is 14.1. The third-order valence-electron chi connectivity index (χ3n) is 4.74. The summed E-state index contributed by atoms with van der Waals surface area (Å²) in [4.78, 5) is 14.3. The minimum atomic E-state index is -4.51. The van der Waals surface area contributed by atoms with E-state index in [9.17, 15) is 26.4 Å². The van der Waals surface area contributed by atoms with Gasteiger partial charge in [-0.05, 0) is 49.4 Å². The molecular formula is C20H21F3N2O3S2. The lowest BCUT2D eigenvalue weighted by Crippen LogP contribution is -2.37. The fraction of sp³-hybridized carbons (Fsp3) is 0.350. The Hall–Kier alpha value is -2.04. The molecular weight excluding hydrogens is 437 g/mol. The van der Waals surface area contributed by atoms with E-state index in [2.05, 4.69) is 0 Å². The molecule has 1 aliphatic rings. The van der Waals surface area contributed by atoms with Crippen LogP contribution < -0.4 is 0 Å². The van der Waals surface area contributed by atoms with E-state index in [1.807, 2.05) is 6.92 Å². The summed E-state index contributed by atoms with van der Waals surface area (Å²) < 4.78 is 65.6. The van der Waals surface area contributed by atoms with E-state index < -0.39 is 21.4 Å². The lowest BCUT2D eigenvalue weighted by atomic mass is 10.2. The minimum Gasteiger partial charge on any atom is -0.337 e. The van der Waals surface area contributed by atoms with E-state index in [0.717, 1.165) is 5.56 Å². The van der Waals surface area contributed by atoms with Crippen molar-refractivity contribution in [2.45, 2.75) is 28.6 Å². The Morgan fingerprint density at radius 2 is 1.63 bits per heavy atom. The van der Waals surface area contributed by atoms with Gasteiger partial charge < -0.3 is 4.90 Å². The van der Waals surface area contributed by atoms with Gasteiger partial charge in [0.15, 0.2) is 0 Å². The Labute approximate surface area is 177 Å². The highest BCUT2D eigenvalue weighted by Gasteiger charge is 2.33. The maximum Gasteiger partial charge on any atom is 0.446 e. The molecule has 1 heterocycles. The third-order valence-corrected chi connectivity index (χ3v) is 7.46. The highest BCUT2D eigenvalue weighted by molar-refractivity contribution is 8.00. The van der Waals surface area contributed by atoms with Crippen LogP contribution in [-0.4, -0.2) is 55.2 Å². The SMILES string of the molecule is Cc1ccc(S(=O)(=O)N2CCCN(C(=O)c3ccccc3SC(F)(F)F)CC2)cc1. The van der Waals surface area contributed by atoms with Gasteiger partial charge in [-0.25, -0.2) is 8.42 Å². The standard InChI is InChI=1S/C20H21F3N2O3S2/c1-15-7-9-16(10-8-15)30(27,28)25-12-4-11-24(13-14-25)19(26)17-5-2-3-6-18(17)29-20(21,22)23/h2-3,5-10H,4,11-14H2,1H3. The van der Waals surface area contributed by atoms with Crippen LogP contribution in [0.1, 0.15) is 22.3 Å². The fourth-order valence-corrected chi connectivity index (χ4v) is 5.35. The monoisotopic (exact) mass is 458 g/mol. The molecule has 0 spiro atoms. The number of aryl methyl sites for hydroxylation is 1. The second kappa shape index (κ2) is 8.99. The zero-order valence-corrected chi connectivity index (χ0v) is 17.9. The van der Waals surface area contributed by atoms with Crippen molar-refractivity contribution in [1.82, 2.24) is 9.21 Å². The minimum absolute atomic E-state index is 0.0327. The predicted octanol–water partition coefficient (Wildman–Crippen LogP) is 4.14. The number of carbonyl (C=O) groups is 1. The van der Waals surface area contributed by atoms with E-state index in [-0.39, 0.29) is 53.3 Å². The summed E-state index contributed by atoms with van der Waals surface area (Å²) in [6.45, 7) is 2.55. The Morgan fingerprint density at radius 3 is 2.30 bits per heavy atom. The second-order valence-electron chi connectivity index (χ2n) is 6.91. The van der Waals surface area contributed by atoms with Gasteiger partial charge in [0, 0.05) is 31.1 Å². The second-order valence-corrected chi connectivity index (χ2v) is 9.95. The first kappa shape index (κ1) is 22.6. The van der Waals surface area contributed by atoms with E-state index in [1.54, 1.807) is 24.3 Å². The number of thioether (sulfide) groups is 1. The highest BCUT2D eigenvalue weighted by Crippen LogP contribution is 2.38. The quantitative estimate of drug-likeness (QED) is 0.646. The summed E-state index contributed by atoms with van der Waals surface area (Å²) in [7, 11) is -3.71. The number of hydrogen-bond donors (Lipinski definition) is 0. The van der Waals surface area contributed by atoms with E-state index in [0.29, 0.717) is 6.42 Å². The summed E-state index contributed by atoms with van der Waals surface area (Å²) in [6.07, 6.45) is 0.394. The van der Waals surface area contributed by atoms with Gasteiger partial charge in [-0.2, -0.15) is 17.5 Å². The number of alkyl halides is 3. The zero-order valence-electron chi connectivity index (χ0n) is 16.2. The lowest BCUT2D eigenvalue weighted by molar-refractivity contribution is -0.0328. The van der Waals surface area contributed by atoms with Crippen LogP contribution >= 0.6 is 11.8 Å². The number of benzene rings is 2. The molecule has 10 heteroatoms. The summed E-state index contributed by atoms with van der Waals surface area (Å²) in [5.41, 5.74) is -3.60. The molecule has 1 amide bonds. The van der Waals surface area contributed by atoms with Gasteiger partial charge in [0.05, 0.1) is 10.5 Å². The zero-order chi connectivity index (χ0) is 21.9. The Morgan fingerprint density at radius 1 is 0.967 bits per heavy atom. The molecule has 3 rings (SSSR count). The molecule has 2 aromatic carbocycles. The Balaban J connectivity index is 1.76. The van der Waals surface area contributed by atoms with E-state index in [4.69, 9.17) is 0 Å². The molecule has 1 aliphatic heterocycles. The number of hydrogen-bond acceptors (Lipinski definition) is 4. The van der Waals surface area contributed by atoms with Crippen LogP contribution in [0.2, 0.25) is 0 Å². The number of rotatable bonds is 4. The number of carbonyl (C=O) groups excluding carboxylic acids is 1. The van der Waals surface area contributed by atoms with Crippen molar-refractivity contribution in [3.63, 3.8) is 0 Å². The average Bonchev–Trinajstić information content (AvgIpc) is 2.94. The van der Waals surface area contributed by atoms with Gasteiger partial charge in [-0.15, -0.1) is 0 Å². The molecule has 5 nitrogen and oxygen atoms in total. The molecule has 0 unspecified atom stereocenters. The fourth-order valence-electron chi connectivity index (χ4n) is 3.22. The van der Waals surface area contributed by atoms with Crippen molar-refractivity contribution in [2.24, 2.45) is 0 Å². The Bertz CT molecular complexity index is 1010. The smallest absolute Gasteiger partial charge is 0.337 e. The van der Waals surface area contributed by atoms with E-state index >= 15 is 0 Å². The van der Waals surface area contributed by atoms with Crippen molar-refractivity contribution < 1.29 is 26.4 Å². The number of nitrogens with zero attached hydrogens (tertiary/aromatic N) is 2. The molecule has 0 radical (unpaired) electrons. The van der Waals surface area contributed by atoms with Gasteiger partial charge in [-0.1, -0.05) is 29.8 Å². The molecule has 0 N–H and O–H groups in total. The molecule has 1 fully saturated rings. The molecule has 0 atom stereocenters. The maximum absolute atomic E-state index is 12.9. The largest absolute Gasteiger partial charge is 0.446 e. The van der Waals surface area contributed by atoms with Crippen LogP contribution in [0.4, 0.5) is 13.2 Å². The normalized spacial score (nSPS) is 16.3. The van der Waals surface area contributed by atoms with Crippen molar-refractivity contribution in [1.29, 1.82) is 0 Å². The summed E-state index contributed by atoms with van der Waals surface area (Å²) in [5.74, 6) is -0.531. The molecule has 0 aromatic heterocycles. The van der Waals surface area contributed by atoms with Crippen LogP contribution in [0.5, 0.6) is 0 Å². The van der Waals surface area contributed by atoms with Crippen molar-refractivity contribution in [2.75, 3.05) is 26.2 Å². The first-order valence-corrected chi connectivity index (χ1v) is 11.5. The van der Waals surface area contributed by atoms with Crippen LogP contribution in [-0.2, 0) is 10.0 Å². The summed E-state index contributed by atoms with van der Waals surface area (Å²) in [6, 6.07) is 12.1. The lowest BCUT2D eigenvalue weighted by Gasteiger charge is -2.23. The van der Waals surface area contributed by atoms with Crippen LogP contribution in [0, 0.1) is 6.92 Å². The maximum atomic E-state index is 12.9. The first-order valence-electron chi connectivity index (χ1n) is 9.29. The number of sulfonamides is 1. The predicted molar refractivity (Wildman–Crippen MR) is 109 cm³/mol. The third kappa shape index (κ3) is 5.35. The van der Waals surface area contributed by atoms with Gasteiger partial charge in [0.25, 0.3) is 5.91 Å². The van der Waals surface area contributed by atoms with Crippen LogP contribution in [0.25, 0.3) is 0 Å². The molecule has 1 saturated heterocycles. The summed E-state index contributed by atoms with van der Waals surface area (Å²) >= 11 is -0.326. The van der Waals surface area contributed by atoms with Gasteiger partial charge in [-0.3, -0.25) is 4.79 Å². The Kier molecular flexibility index (Phi) is 6.78. The average molecular weight is 459 g/mol. The number of amides is 1. The number of halogens is 3. The van der Waals surface area contributed by atoms with Crippen LogP contribution in [0.3, 0.4) is 0 Å². The van der Waals surface area contributed by atoms with Gasteiger partial charge in [0.1, 0.15) is 0 Å². The molecule has 0 bridgehead atoms. The topological polar surface area (TPSA) is 57.7 Å².